The molecule has 3 N–H and O–H groups in total. The fourth-order valence-electron chi connectivity index (χ4n) is 3.15. The minimum atomic E-state index is -0.267. The zero-order chi connectivity index (χ0) is 21.8. The molecule has 4 aromatic heterocycles. The summed E-state index contributed by atoms with van der Waals surface area (Å²) in [6, 6.07) is 7.13. The van der Waals surface area contributed by atoms with E-state index in [1.54, 1.807) is 12.1 Å². The maximum Gasteiger partial charge on any atom is 0.276 e. The van der Waals surface area contributed by atoms with E-state index in [-0.39, 0.29) is 16.9 Å². The van der Waals surface area contributed by atoms with Crippen LogP contribution >= 0.6 is 22.7 Å². The van der Waals surface area contributed by atoms with Gasteiger partial charge in [0.25, 0.3) is 11.5 Å². The van der Waals surface area contributed by atoms with Crippen LogP contribution in [0.4, 0.5) is 5.13 Å². The van der Waals surface area contributed by atoms with Gasteiger partial charge >= 0.3 is 0 Å². The molecule has 31 heavy (non-hydrogen) atoms. The van der Waals surface area contributed by atoms with Gasteiger partial charge in [-0.3, -0.25) is 14.9 Å². The van der Waals surface area contributed by atoms with Crippen LogP contribution in [-0.2, 0) is 5.41 Å². The van der Waals surface area contributed by atoms with Gasteiger partial charge < -0.3 is 9.97 Å². The predicted molar refractivity (Wildman–Crippen MR) is 124 cm³/mol. The second-order valence-corrected chi connectivity index (χ2v) is 9.91. The molecule has 5 rings (SSSR count). The molecule has 0 saturated heterocycles. The zero-order valence-electron chi connectivity index (χ0n) is 16.9. The Bertz CT molecular complexity index is 1500. The molecule has 0 bridgehead atoms. The Hall–Kier alpha value is -3.37. The fraction of sp³-hybridized carbons (Fsp3) is 0.190. The van der Waals surface area contributed by atoms with Crippen molar-refractivity contribution in [3.63, 3.8) is 0 Å². The third-order valence-corrected chi connectivity index (χ3v) is 6.76. The third-order valence-electron chi connectivity index (χ3n) is 4.76. The lowest BCUT2D eigenvalue weighted by Gasteiger charge is -2.12. The highest BCUT2D eigenvalue weighted by Crippen LogP contribution is 2.28. The molecule has 0 radical (unpaired) electrons. The summed E-state index contributed by atoms with van der Waals surface area (Å²) in [5.74, 6) is -0.267. The molecular formula is C21H18N6O2S2. The van der Waals surface area contributed by atoms with E-state index in [0.717, 1.165) is 26.9 Å². The third kappa shape index (κ3) is 3.64. The minimum Gasteiger partial charge on any atom is -0.353 e. The van der Waals surface area contributed by atoms with Crippen LogP contribution in [0.25, 0.3) is 33.3 Å². The van der Waals surface area contributed by atoms with Gasteiger partial charge in [-0.1, -0.05) is 32.1 Å². The Morgan fingerprint density at radius 3 is 2.68 bits per heavy atom. The Morgan fingerprint density at radius 2 is 1.90 bits per heavy atom. The number of thiophene rings is 1. The van der Waals surface area contributed by atoms with Crippen molar-refractivity contribution < 1.29 is 4.79 Å². The van der Waals surface area contributed by atoms with Gasteiger partial charge in [-0.15, -0.1) is 21.5 Å². The summed E-state index contributed by atoms with van der Waals surface area (Å²) in [6.07, 6.45) is 0. The standard InChI is InChI=1S/C21H18N6O2S2/c1-21(2,3)19-26-27-20(31-19)25-17(28)10-4-5-12-11(6-10)7-13(22-12)16-18(29)24-15-9-30-8-14(15)23-16/h4-9,22H,1-3H3,(H,24,29)(H,25,27,28). The molecule has 0 unspecified atom stereocenters. The molecule has 4 heterocycles. The van der Waals surface area contributed by atoms with Crippen LogP contribution < -0.4 is 10.9 Å². The largest absolute Gasteiger partial charge is 0.353 e. The number of benzene rings is 1. The number of carbonyl (C=O) groups excluding carboxylic acids is 1. The van der Waals surface area contributed by atoms with Gasteiger partial charge in [0.2, 0.25) is 5.13 Å². The molecule has 0 fully saturated rings. The lowest BCUT2D eigenvalue weighted by Crippen LogP contribution is -2.11. The Morgan fingerprint density at radius 1 is 1.06 bits per heavy atom. The number of amides is 1. The Kier molecular flexibility index (Phi) is 4.49. The van der Waals surface area contributed by atoms with Gasteiger partial charge in [0, 0.05) is 32.6 Å². The molecule has 0 aliphatic carbocycles. The molecule has 156 valence electrons. The lowest BCUT2D eigenvalue weighted by molar-refractivity contribution is 0.102. The zero-order valence-corrected chi connectivity index (χ0v) is 18.6. The van der Waals surface area contributed by atoms with Gasteiger partial charge in [-0.05, 0) is 24.3 Å². The molecule has 1 amide bonds. The van der Waals surface area contributed by atoms with Gasteiger partial charge in [-0.2, -0.15) is 0 Å². The van der Waals surface area contributed by atoms with Crippen molar-refractivity contribution >= 4 is 55.6 Å². The van der Waals surface area contributed by atoms with E-state index in [9.17, 15) is 9.59 Å². The molecule has 1 aromatic carbocycles. The first-order valence-electron chi connectivity index (χ1n) is 9.53. The molecule has 10 heteroatoms. The molecule has 0 spiro atoms. The minimum absolute atomic E-state index is 0.126. The van der Waals surface area contributed by atoms with Crippen molar-refractivity contribution in [1.82, 2.24) is 25.1 Å². The second-order valence-electron chi connectivity index (χ2n) is 8.19. The van der Waals surface area contributed by atoms with Crippen molar-refractivity contribution in [2.45, 2.75) is 26.2 Å². The number of hydrogen-bond donors (Lipinski definition) is 3. The highest BCUT2D eigenvalue weighted by Gasteiger charge is 2.20. The van der Waals surface area contributed by atoms with E-state index in [0.29, 0.717) is 22.1 Å². The van der Waals surface area contributed by atoms with Crippen LogP contribution in [0.2, 0.25) is 0 Å². The summed E-state index contributed by atoms with van der Waals surface area (Å²) >= 11 is 2.85. The quantitative estimate of drug-likeness (QED) is 0.373. The molecule has 0 atom stereocenters. The first kappa shape index (κ1) is 19.6. The number of carbonyl (C=O) groups is 1. The molecule has 0 aliphatic rings. The number of aromatic amines is 2. The van der Waals surface area contributed by atoms with Crippen molar-refractivity contribution in [3.8, 4) is 11.4 Å². The van der Waals surface area contributed by atoms with Gasteiger partial charge in [0.15, 0.2) is 5.69 Å². The summed E-state index contributed by atoms with van der Waals surface area (Å²) in [4.78, 5) is 35.7. The van der Waals surface area contributed by atoms with Crippen molar-refractivity contribution in [2.24, 2.45) is 0 Å². The molecule has 8 nitrogen and oxygen atoms in total. The van der Waals surface area contributed by atoms with Crippen molar-refractivity contribution in [2.75, 3.05) is 5.32 Å². The molecular weight excluding hydrogens is 432 g/mol. The van der Waals surface area contributed by atoms with Crippen LogP contribution in [-0.4, -0.2) is 31.1 Å². The van der Waals surface area contributed by atoms with E-state index in [4.69, 9.17) is 0 Å². The molecule has 5 aromatic rings. The van der Waals surface area contributed by atoms with Crippen molar-refractivity contribution in [3.05, 3.63) is 56.0 Å². The van der Waals surface area contributed by atoms with E-state index >= 15 is 0 Å². The number of H-pyrrole nitrogens is 2. The first-order valence-corrected chi connectivity index (χ1v) is 11.3. The van der Waals surface area contributed by atoms with Crippen LogP contribution in [0, 0.1) is 0 Å². The second kappa shape index (κ2) is 7.10. The van der Waals surface area contributed by atoms with Gasteiger partial charge in [-0.25, -0.2) is 4.98 Å². The average Bonchev–Trinajstić information content (AvgIpc) is 3.44. The van der Waals surface area contributed by atoms with Crippen molar-refractivity contribution in [1.29, 1.82) is 0 Å². The number of hydrogen-bond acceptors (Lipinski definition) is 7. The number of aromatic nitrogens is 5. The van der Waals surface area contributed by atoms with E-state index in [1.807, 2.05) is 43.7 Å². The number of rotatable bonds is 3. The van der Waals surface area contributed by atoms with E-state index < -0.39 is 0 Å². The normalized spacial score (nSPS) is 12.0. The van der Waals surface area contributed by atoms with Gasteiger partial charge in [0.05, 0.1) is 16.7 Å². The van der Waals surface area contributed by atoms with E-state index in [2.05, 4.69) is 30.5 Å². The van der Waals surface area contributed by atoms with Crippen LogP contribution in [0.5, 0.6) is 0 Å². The highest BCUT2D eigenvalue weighted by atomic mass is 32.1. The fourth-order valence-corrected chi connectivity index (χ4v) is 4.64. The predicted octanol–water partition coefficient (Wildman–Crippen LogP) is 4.53. The highest BCUT2D eigenvalue weighted by molar-refractivity contribution is 7.15. The summed E-state index contributed by atoms with van der Waals surface area (Å²) in [6.45, 7) is 6.14. The SMILES string of the molecule is CC(C)(C)c1nnc(NC(=O)c2ccc3[nH]c(-c4nc5cscc5[nH]c4=O)cc3c2)s1. The summed E-state index contributed by atoms with van der Waals surface area (Å²) in [7, 11) is 0. The van der Waals surface area contributed by atoms with Crippen LogP contribution in [0.15, 0.2) is 39.8 Å². The summed E-state index contributed by atoms with van der Waals surface area (Å²) in [5, 5.41) is 16.9. The van der Waals surface area contributed by atoms with Crippen LogP contribution in [0.1, 0.15) is 36.1 Å². The number of anilines is 1. The maximum absolute atomic E-state index is 12.7. The van der Waals surface area contributed by atoms with Gasteiger partial charge in [0.1, 0.15) is 5.01 Å². The first-order chi connectivity index (χ1) is 14.8. The maximum atomic E-state index is 12.7. The summed E-state index contributed by atoms with van der Waals surface area (Å²) in [5.41, 5.74) is 3.28. The number of nitrogens with one attached hydrogen (secondary N) is 3. The summed E-state index contributed by atoms with van der Waals surface area (Å²) < 4.78 is 0. The number of fused-ring (bicyclic) bond motifs is 2. The Labute approximate surface area is 184 Å². The Balaban J connectivity index is 1.45. The lowest BCUT2D eigenvalue weighted by atomic mass is 9.98. The number of nitrogens with zero attached hydrogens (tertiary/aromatic N) is 3. The average molecular weight is 451 g/mol. The monoisotopic (exact) mass is 450 g/mol. The molecule has 0 aliphatic heterocycles. The van der Waals surface area contributed by atoms with Crippen LogP contribution in [0.3, 0.4) is 0 Å². The van der Waals surface area contributed by atoms with E-state index in [1.165, 1.54) is 22.7 Å². The smallest absolute Gasteiger partial charge is 0.276 e. The molecule has 0 saturated carbocycles. The topological polar surface area (TPSA) is 116 Å².